The van der Waals surface area contributed by atoms with Crippen molar-refractivity contribution in [1.29, 1.82) is 0 Å². The first kappa shape index (κ1) is 17.6. The molecule has 0 unspecified atom stereocenters. The molecule has 130 valence electrons. The largest absolute Gasteiger partial charge is 0.319 e. The van der Waals surface area contributed by atoms with Gasteiger partial charge in [0, 0.05) is 7.05 Å². The highest BCUT2D eigenvalue weighted by molar-refractivity contribution is 7.16. The van der Waals surface area contributed by atoms with Gasteiger partial charge in [0.15, 0.2) is 4.80 Å². The van der Waals surface area contributed by atoms with Crippen molar-refractivity contribution in [2.45, 2.75) is 39.5 Å². The van der Waals surface area contributed by atoms with Crippen LogP contribution in [-0.4, -0.2) is 10.5 Å². The summed E-state index contributed by atoms with van der Waals surface area (Å²) < 4.78 is 3.20. The Morgan fingerprint density at radius 2 is 1.84 bits per heavy atom. The van der Waals surface area contributed by atoms with Crippen LogP contribution in [-0.2, 0) is 24.7 Å². The number of unbranched alkanes of at least 4 members (excludes halogenated alkanes) is 1. The van der Waals surface area contributed by atoms with Crippen molar-refractivity contribution < 1.29 is 4.79 Å². The maximum Gasteiger partial charge on any atom is 0.252 e. The summed E-state index contributed by atoms with van der Waals surface area (Å²) in [4.78, 5) is 17.4. The predicted octanol–water partition coefficient (Wildman–Crippen LogP) is 4.56. The molecular weight excluding hydrogens is 328 g/mol. The molecule has 3 rings (SSSR count). The van der Waals surface area contributed by atoms with Gasteiger partial charge in [0.05, 0.1) is 16.6 Å². The average Bonchev–Trinajstić information content (AvgIpc) is 2.90. The molecule has 3 aromatic rings. The normalized spacial score (nSPS) is 12.0. The molecule has 25 heavy (non-hydrogen) atoms. The number of carbonyl (C=O) groups excluding carboxylic acids is 1. The van der Waals surface area contributed by atoms with E-state index in [1.165, 1.54) is 28.7 Å². The van der Waals surface area contributed by atoms with E-state index in [2.05, 4.69) is 30.1 Å². The molecule has 3 nitrogen and oxygen atoms in total. The Morgan fingerprint density at radius 3 is 2.56 bits per heavy atom. The number of aromatic nitrogens is 1. The van der Waals surface area contributed by atoms with Crippen LogP contribution in [0.5, 0.6) is 0 Å². The van der Waals surface area contributed by atoms with Gasteiger partial charge in [-0.25, -0.2) is 0 Å². The van der Waals surface area contributed by atoms with E-state index >= 15 is 0 Å². The number of rotatable bonds is 5. The summed E-state index contributed by atoms with van der Waals surface area (Å²) in [6, 6.07) is 14.6. The van der Waals surface area contributed by atoms with Gasteiger partial charge >= 0.3 is 0 Å². The standard InChI is InChI=1S/C21H24N2OS/c1-4-5-6-16-11-12-18-19(13-16)25-21(23(18)3)22-20(24)14-17-9-7-15(2)8-10-17/h7-13H,4-6,14H2,1-3H3. The van der Waals surface area contributed by atoms with E-state index in [1.54, 1.807) is 11.3 Å². The van der Waals surface area contributed by atoms with Crippen LogP contribution in [0.1, 0.15) is 36.5 Å². The predicted molar refractivity (Wildman–Crippen MR) is 105 cm³/mol. The molecule has 0 atom stereocenters. The summed E-state index contributed by atoms with van der Waals surface area (Å²) >= 11 is 1.59. The number of fused-ring (bicyclic) bond motifs is 1. The van der Waals surface area contributed by atoms with E-state index in [0.717, 1.165) is 22.3 Å². The Kier molecular flexibility index (Phi) is 5.49. The molecule has 0 radical (unpaired) electrons. The zero-order valence-corrected chi connectivity index (χ0v) is 15.9. The van der Waals surface area contributed by atoms with Gasteiger partial charge in [-0.2, -0.15) is 4.99 Å². The number of hydrogen-bond donors (Lipinski definition) is 0. The summed E-state index contributed by atoms with van der Waals surface area (Å²) in [5.74, 6) is -0.0998. The van der Waals surface area contributed by atoms with Crippen molar-refractivity contribution in [1.82, 2.24) is 4.57 Å². The van der Waals surface area contributed by atoms with Crippen molar-refractivity contribution >= 4 is 27.5 Å². The van der Waals surface area contributed by atoms with Crippen molar-refractivity contribution in [3.05, 3.63) is 64.0 Å². The number of thiazole rings is 1. The Hall–Kier alpha value is -2.20. The lowest BCUT2D eigenvalue weighted by Crippen LogP contribution is -2.14. The van der Waals surface area contributed by atoms with E-state index in [0.29, 0.717) is 6.42 Å². The number of aryl methyl sites for hydroxylation is 3. The molecule has 1 amide bonds. The molecule has 0 bridgehead atoms. The lowest BCUT2D eigenvalue weighted by atomic mass is 10.1. The lowest BCUT2D eigenvalue weighted by Gasteiger charge is -2.00. The number of nitrogens with zero attached hydrogens (tertiary/aromatic N) is 2. The molecular formula is C21H24N2OS. The number of benzene rings is 2. The number of hydrogen-bond acceptors (Lipinski definition) is 2. The van der Waals surface area contributed by atoms with E-state index in [1.807, 2.05) is 42.8 Å². The smallest absolute Gasteiger partial charge is 0.252 e. The fourth-order valence-electron chi connectivity index (χ4n) is 2.85. The highest BCUT2D eigenvalue weighted by Crippen LogP contribution is 2.19. The molecule has 1 heterocycles. The van der Waals surface area contributed by atoms with Crippen LogP contribution < -0.4 is 4.80 Å². The van der Waals surface area contributed by atoms with Gasteiger partial charge in [0.1, 0.15) is 0 Å². The Morgan fingerprint density at radius 1 is 1.12 bits per heavy atom. The van der Waals surface area contributed by atoms with Gasteiger partial charge in [-0.05, 0) is 43.0 Å². The third-order valence-corrected chi connectivity index (χ3v) is 5.48. The van der Waals surface area contributed by atoms with Gasteiger partial charge in [-0.15, -0.1) is 0 Å². The van der Waals surface area contributed by atoms with E-state index in [4.69, 9.17) is 0 Å². The van der Waals surface area contributed by atoms with E-state index in [-0.39, 0.29) is 5.91 Å². The molecule has 0 saturated carbocycles. The zero-order chi connectivity index (χ0) is 17.8. The SMILES string of the molecule is CCCCc1ccc2c(c1)sc(=NC(=O)Cc1ccc(C)cc1)n2C. The molecule has 0 aliphatic rings. The second kappa shape index (κ2) is 7.79. The minimum absolute atomic E-state index is 0.0998. The molecule has 0 spiro atoms. The fourth-order valence-corrected chi connectivity index (χ4v) is 3.95. The molecule has 0 fully saturated rings. The first-order chi connectivity index (χ1) is 12.1. The second-order valence-corrected chi connectivity index (χ2v) is 7.53. The van der Waals surface area contributed by atoms with Gasteiger partial charge in [-0.3, -0.25) is 4.79 Å². The van der Waals surface area contributed by atoms with Crippen LogP contribution in [0.4, 0.5) is 0 Å². The zero-order valence-electron chi connectivity index (χ0n) is 15.1. The first-order valence-electron chi connectivity index (χ1n) is 8.78. The van der Waals surface area contributed by atoms with E-state index < -0.39 is 0 Å². The number of amides is 1. The van der Waals surface area contributed by atoms with Crippen molar-refractivity contribution in [2.75, 3.05) is 0 Å². The topological polar surface area (TPSA) is 34.4 Å². The van der Waals surface area contributed by atoms with Gasteiger partial charge in [-0.1, -0.05) is 60.6 Å². The van der Waals surface area contributed by atoms with Crippen LogP contribution >= 0.6 is 11.3 Å². The Labute approximate surface area is 152 Å². The minimum Gasteiger partial charge on any atom is -0.319 e. The molecule has 0 aliphatic heterocycles. The second-order valence-electron chi connectivity index (χ2n) is 6.52. The van der Waals surface area contributed by atoms with Crippen LogP contribution in [0, 0.1) is 6.92 Å². The average molecular weight is 353 g/mol. The lowest BCUT2D eigenvalue weighted by molar-refractivity contribution is -0.117. The Balaban J connectivity index is 1.86. The maximum atomic E-state index is 12.3. The fraction of sp³-hybridized carbons (Fsp3) is 0.333. The highest BCUT2D eigenvalue weighted by Gasteiger charge is 2.07. The van der Waals surface area contributed by atoms with Crippen LogP contribution in [0.2, 0.25) is 0 Å². The monoisotopic (exact) mass is 352 g/mol. The summed E-state index contributed by atoms with van der Waals surface area (Å²) in [7, 11) is 1.97. The first-order valence-corrected chi connectivity index (χ1v) is 9.60. The summed E-state index contributed by atoms with van der Waals surface area (Å²) in [5.41, 5.74) is 4.69. The summed E-state index contributed by atoms with van der Waals surface area (Å²) in [5, 5.41) is 0. The molecule has 1 aromatic heterocycles. The third-order valence-electron chi connectivity index (χ3n) is 4.39. The molecule has 2 aromatic carbocycles. The van der Waals surface area contributed by atoms with Crippen LogP contribution in [0.3, 0.4) is 0 Å². The maximum absolute atomic E-state index is 12.3. The third kappa shape index (κ3) is 4.26. The molecule has 4 heteroatoms. The summed E-state index contributed by atoms with van der Waals surface area (Å²) in [6.45, 7) is 4.25. The van der Waals surface area contributed by atoms with Gasteiger partial charge in [0.2, 0.25) is 0 Å². The molecule has 0 N–H and O–H groups in total. The van der Waals surface area contributed by atoms with E-state index in [9.17, 15) is 4.79 Å². The van der Waals surface area contributed by atoms with Crippen molar-refractivity contribution in [3.63, 3.8) is 0 Å². The minimum atomic E-state index is -0.0998. The van der Waals surface area contributed by atoms with Crippen molar-refractivity contribution in [3.8, 4) is 0 Å². The highest BCUT2D eigenvalue weighted by atomic mass is 32.1. The van der Waals surface area contributed by atoms with Gasteiger partial charge < -0.3 is 4.57 Å². The van der Waals surface area contributed by atoms with Crippen molar-refractivity contribution in [2.24, 2.45) is 12.0 Å². The van der Waals surface area contributed by atoms with Crippen LogP contribution in [0.25, 0.3) is 10.2 Å². The molecule has 0 saturated heterocycles. The summed E-state index contributed by atoms with van der Waals surface area (Å²) in [6.07, 6.45) is 3.85. The van der Waals surface area contributed by atoms with Gasteiger partial charge in [0.25, 0.3) is 5.91 Å². The number of carbonyl (C=O) groups is 1. The quantitative estimate of drug-likeness (QED) is 0.663. The van der Waals surface area contributed by atoms with Crippen LogP contribution in [0.15, 0.2) is 47.5 Å². The molecule has 0 aliphatic carbocycles. The Bertz CT molecular complexity index is 948.